The number of nitrogens with zero attached hydrogens (tertiary/aromatic N) is 2. The monoisotopic (exact) mass is 275 g/mol. The molecule has 1 fully saturated rings. The predicted molar refractivity (Wildman–Crippen MR) is 83.7 cm³/mol. The summed E-state index contributed by atoms with van der Waals surface area (Å²) in [6.45, 7) is 4.39. The Balaban J connectivity index is 1.99. The van der Waals surface area contributed by atoms with E-state index < -0.39 is 0 Å². The van der Waals surface area contributed by atoms with Crippen molar-refractivity contribution in [2.45, 2.75) is 44.4 Å². The van der Waals surface area contributed by atoms with Crippen LogP contribution in [0.4, 0.5) is 5.95 Å². The van der Waals surface area contributed by atoms with E-state index in [-0.39, 0.29) is 0 Å². The number of nitrogen functional groups attached to an aromatic ring is 1. The van der Waals surface area contributed by atoms with Gasteiger partial charge < -0.3 is 10.3 Å². The molecule has 2 N–H and O–H groups in total. The topological polar surface area (TPSA) is 43.8 Å². The minimum Gasteiger partial charge on any atom is -0.369 e. The molecule has 1 aliphatic rings. The lowest BCUT2D eigenvalue weighted by Crippen LogP contribution is -2.10. The third-order valence-corrected chi connectivity index (χ3v) is 5.30. The van der Waals surface area contributed by atoms with Crippen molar-refractivity contribution in [2.24, 2.45) is 0 Å². The van der Waals surface area contributed by atoms with Crippen LogP contribution in [0.5, 0.6) is 0 Å². The molecule has 1 aromatic carbocycles. The number of aryl methyl sites for hydroxylation is 1. The molecule has 102 valence electrons. The molecule has 1 heterocycles. The van der Waals surface area contributed by atoms with Gasteiger partial charge in [0.15, 0.2) is 0 Å². The number of thioether (sulfide) groups is 1. The molecular formula is C15H21N3S. The first-order valence-corrected chi connectivity index (χ1v) is 8.10. The molecule has 0 spiro atoms. The molecule has 0 saturated heterocycles. The van der Waals surface area contributed by atoms with Crippen molar-refractivity contribution in [3.8, 4) is 0 Å². The first-order valence-electron chi connectivity index (χ1n) is 7.05. The van der Waals surface area contributed by atoms with Crippen LogP contribution in [0.25, 0.3) is 11.0 Å². The molecular weight excluding hydrogens is 254 g/mol. The van der Waals surface area contributed by atoms with Gasteiger partial charge in [-0.25, -0.2) is 4.98 Å². The number of anilines is 1. The predicted octanol–water partition coefficient (Wildman–Crippen LogP) is 3.77. The lowest BCUT2D eigenvalue weighted by atomic mass is 10.2. The SMILES string of the molecule is CCSC1CCC(n2c(N)nc3cccc(C)c32)C1. The van der Waals surface area contributed by atoms with E-state index in [9.17, 15) is 0 Å². The Hall–Kier alpha value is -1.16. The van der Waals surface area contributed by atoms with E-state index in [4.69, 9.17) is 5.73 Å². The summed E-state index contributed by atoms with van der Waals surface area (Å²) >= 11 is 2.08. The van der Waals surface area contributed by atoms with E-state index in [2.05, 4.69) is 53.4 Å². The largest absolute Gasteiger partial charge is 0.369 e. The second kappa shape index (κ2) is 5.08. The van der Waals surface area contributed by atoms with Gasteiger partial charge in [0.1, 0.15) is 0 Å². The lowest BCUT2D eigenvalue weighted by molar-refractivity contribution is 0.540. The highest BCUT2D eigenvalue weighted by atomic mass is 32.2. The van der Waals surface area contributed by atoms with E-state index in [0.29, 0.717) is 12.0 Å². The number of rotatable bonds is 3. The van der Waals surface area contributed by atoms with Gasteiger partial charge in [0.05, 0.1) is 11.0 Å². The minimum absolute atomic E-state index is 0.523. The van der Waals surface area contributed by atoms with Crippen molar-refractivity contribution < 1.29 is 0 Å². The molecule has 0 radical (unpaired) electrons. The first kappa shape index (κ1) is 12.9. The Bertz CT molecular complexity index is 590. The Morgan fingerprint density at radius 1 is 1.42 bits per heavy atom. The molecule has 4 heteroatoms. The number of benzene rings is 1. The average Bonchev–Trinajstić information content (AvgIpc) is 2.94. The van der Waals surface area contributed by atoms with Gasteiger partial charge in [-0.2, -0.15) is 11.8 Å². The number of hydrogen-bond donors (Lipinski definition) is 1. The summed E-state index contributed by atoms with van der Waals surface area (Å²) in [7, 11) is 0. The zero-order valence-corrected chi connectivity index (χ0v) is 12.4. The Kier molecular flexibility index (Phi) is 3.44. The summed E-state index contributed by atoms with van der Waals surface area (Å²) in [5, 5.41) is 0.788. The van der Waals surface area contributed by atoms with E-state index in [1.165, 1.54) is 36.1 Å². The van der Waals surface area contributed by atoms with Crippen LogP contribution in [0.1, 0.15) is 37.8 Å². The standard InChI is InChI=1S/C15H21N3S/c1-3-19-12-8-7-11(9-12)18-14-10(2)5-4-6-13(14)17-15(18)16/h4-6,11-12H,3,7-9H2,1-2H3,(H2,16,17). The molecule has 0 bridgehead atoms. The van der Waals surface area contributed by atoms with E-state index in [1.54, 1.807) is 0 Å². The zero-order chi connectivity index (χ0) is 13.4. The molecule has 2 aromatic rings. The van der Waals surface area contributed by atoms with Gasteiger partial charge in [-0.1, -0.05) is 19.1 Å². The highest BCUT2D eigenvalue weighted by Gasteiger charge is 2.28. The van der Waals surface area contributed by atoms with Crippen molar-refractivity contribution in [3.63, 3.8) is 0 Å². The summed E-state index contributed by atoms with van der Waals surface area (Å²) in [6.07, 6.45) is 3.75. The number of para-hydroxylation sites is 1. The van der Waals surface area contributed by atoms with Gasteiger partial charge in [-0.05, 0) is 43.6 Å². The fourth-order valence-corrected chi connectivity index (χ4v) is 4.38. The number of aromatic nitrogens is 2. The molecule has 3 rings (SSSR count). The smallest absolute Gasteiger partial charge is 0.201 e. The summed E-state index contributed by atoms with van der Waals surface area (Å²) in [6, 6.07) is 6.78. The van der Waals surface area contributed by atoms with Crippen molar-refractivity contribution in [2.75, 3.05) is 11.5 Å². The van der Waals surface area contributed by atoms with Crippen LogP contribution in [-0.2, 0) is 0 Å². The summed E-state index contributed by atoms with van der Waals surface area (Å²) in [5.41, 5.74) is 9.70. The second-order valence-electron chi connectivity index (χ2n) is 5.33. The molecule has 1 saturated carbocycles. The number of nitrogens with two attached hydrogens (primary N) is 1. The van der Waals surface area contributed by atoms with Crippen LogP contribution in [0, 0.1) is 6.92 Å². The number of imidazole rings is 1. The molecule has 0 aliphatic heterocycles. The van der Waals surface area contributed by atoms with Crippen molar-refractivity contribution >= 4 is 28.7 Å². The third-order valence-electron chi connectivity index (χ3n) is 4.06. The van der Waals surface area contributed by atoms with Crippen molar-refractivity contribution in [3.05, 3.63) is 23.8 Å². The molecule has 1 aromatic heterocycles. The van der Waals surface area contributed by atoms with Crippen molar-refractivity contribution in [1.29, 1.82) is 0 Å². The van der Waals surface area contributed by atoms with Crippen LogP contribution in [-0.4, -0.2) is 20.6 Å². The van der Waals surface area contributed by atoms with Gasteiger partial charge in [0.2, 0.25) is 5.95 Å². The quantitative estimate of drug-likeness (QED) is 0.927. The lowest BCUT2D eigenvalue weighted by Gasteiger charge is -2.16. The second-order valence-corrected chi connectivity index (χ2v) is 6.90. The minimum atomic E-state index is 0.523. The third kappa shape index (κ3) is 2.22. The van der Waals surface area contributed by atoms with Crippen LogP contribution in [0.15, 0.2) is 18.2 Å². The summed E-state index contributed by atoms with van der Waals surface area (Å²) in [5.74, 6) is 1.88. The number of fused-ring (bicyclic) bond motifs is 1. The van der Waals surface area contributed by atoms with Crippen LogP contribution in [0.3, 0.4) is 0 Å². The van der Waals surface area contributed by atoms with Gasteiger partial charge in [-0.15, -0.1) is 0 Å². The fourth-order valence-electron chi connectivity index (χ4n) is 3.25. The van der Waals surface area contributed by atoms with E-state index >= 15 is 0 Å². The summed E-state index contributed by atoms with van der Waals surface area (Å²) < 4.78 is 2.28. The highest BCUT2D eigenvalue weighted by molar-refractivity contribution is 7.99. The normalized spacial score (nSPS) is 23.3. The fraction of sp³-hybridized carbons (Fsp3) is 0.533. The van der Waals surface area contributed by atoms with Crippen LogP contribution >= 0.6 is 11.8 Å². The number of hydrogen-bond acceptors (Lipinski definition) is 3. The van der Waals surface area contributed by atoms with Crippen LogP contribution < -0.4 is 5.73 Å². The van der Waals surface area contributed by atoms with Gasteiger partial charge in [0, 0.05) is 11.3 Å². The molecule has 0 amide bonds. The zero-order valence-electron chi connectivity index (χ0n) is 11.6. The maximum Gasteiger partial charge on any atom is 0.201 e. The molecule has 19 heavy (non-hydrogen) atoms. The first-order chi connectivity index (χ1) is 9.20. The Morgan fingerprint density at radius 2 is 2.26 bits per heavy atom. The summed E-state index contributed by atoms with van der Waals surface area (Å²) in [4.78, 5) is 4.52. The Labute approximate surface area is 118 Å². The van der Waals surface area contributed by atoms with Gasteiger partial charge >= 0.3 is 0 Å². The molecule has 2 unspecified atom stereocenters. The average molecular weight is 275 g/mol. The van der Waals surface area contributed by atoms with E-state index in [1.807, 2.05) is 0 Å². The van der Waals surface area contributed by atoms with E-state index in [0.717, 1.165) is 10.8 Å². The highest BCUT2D eigenvalue weighted by Crippen LogP contribution is 2.40. The maximum absolute atomic E-state index is 6.17. The Morgan fingerprint density at radius 3 is 3.05 bits per heavy atom. The molecule has 3 nitrogen and oxygen atoms in total. The van der Waals surface area contributed by atoms with Crippen LogP contribution in [0.2, 0.25) is 0 Å². The van der Waals surface area contributed by atoms with Crippen molar-refractivity contribution in [1.82, 2.24) is 9.55 Å². The maximum atomic E-state index is 6.17. The molecule has 2 atom stereocenters. The van der Waals surface area contributed by atoms with Gasteiger partial charge in [-0.3, -0.25) is 0 Å². The van der Waals surface area contributed by atoms with Gasteiger partial charge in [0.25, 0.3) is 0 Å². The molecule has 1 aliphatic carbocycles.